The Morgan fingerprint density at radius 2 is 1.89 bits per heavy atom. The largest absolute Gasteiger partial charge is 0.383 e. The fourth-order valence-electron chi connectivity index (χ4n) is 3.37. The summed E-state index contributed by atoms with van der Waals surface area (Å²) >= 11 is 1.83. The maximum absolute atomic E-state index is 5.19. The maximum atomic E-state index is 5.19. The van der Waals surface area contributed by atoms with Gasteiger partial charge >= 0.3 is 0 Å². The molecule has 27 heavy (non-hydrogen) atoms. The molecule has 0 bridgehead atoms. The van der Waals surface area contributed by atoms with Crippen molar-refractivity contribution >= 4 is 28.2 Å². The Bertz CT molecular complexity index is 777. The Balaban J connectivity index is 1.42. The molecular formula is C20H25N5OS. The van der Waals surface area contributed by atoms with E-state index in [0.717, 1.165) is 51.0 Å². The monoisotopic (exact) mass is 383 g/mol. The topological polar surface area (TPSA) is 44.7 Å². The molecule has 0 N–H and O–H groups in total. The van der Waals surface area contributed by atoms with Crippen LogP contribution in [0.4, 0.5) is 11.5 Å². The summed E-state index contributed by atoms with van der Waals surface area (Å²) in [6.07, 6.45) is 7.79. The molecule has 0 amide bonds. The first kappa shape index (κ1) is 18.3. The van der Waals surface area contributed by atoms with Crippen LogP contribution in [0, 0.1) is 0 Å². The van der Waals surface area contributed by atoms with Gasteiger partial charge in [0.25, 0.3) is 0 Å². The fourth-order valence-corrected chi connectivity index (χ4v) is 4.36. The van der Waals surface area contributed by atoms with Gasteiger partial charge in [0.15, 0.2) is 0 Å². The van der Waals surface area contributed by atoms with Crippen LogP contribution in [0.15, 0.2) is 49.1 Å². The van der Waals surface area contributed by atoms with Crippen molar-refractivity contribution in [3.05, 3.63) is 54.6 Å². The molecule has 1 saturated heterocycles. The lowest BCUT2D eigenvalue weighted by atomic mass is 10.2. The number of nitrogens with zero attached hydrogens (tertiary/aromatic N) is 5. The van der Waals surface area contributed by atoms with Crippen molar-refractivity contribution in [3.8, 4) is 0 Å². The smallest absolute Gasteiger partial charge is 0.135 e. The summed E-state index contributed by atoms with van der Waals surface area (Å²) in [5, 5.41) is 0. The third-order valence-electron chi connectivity index (χ3n) is 4.97. The number of piperazine rings is 1. The molecule has 0 saturated carbocycles. The molecule has 0 spiro atoms. The molecule has 2 aromatic heterocycles. The highest BCUT2D eigenvalue weighted by Gasteiger charge is 2.20. The van der Waals surface area contributed by atoms with Crippen molar-refractivity contribution in [2.24, 2.45) is 0 Å². The first-order valence-corrected chi connectivity index (χ1v) is 10.3. The SMILES string of the molecule is COCCN1CCN(c2ccnc(N3C=C(c4ccncc4)SC3)c2)CC1. The standard InChI is InChI=1S/C20H25N5OS/c1-26-13-12-23-8-10-24(11-9-23)18-4-7-22-20(14-18)25-15-19(27-16-25)17-2-5-21-6-3-17/h2-7,14-15H,8-13,16H2,1H3. The van der Waals surface area contributed by atoms with E-state index in [1.165, 1.54) is 16.2 Å². The summed E-state index contributed by atoms with van der Waals surface area (Å²) in [6.45, 7) is 6.05. The zero-order valence-corrected chi connectivity index (χ0v) is 16.4. The molecule has 2 aliphatic rings. The predicted molar refractivity (Wildman–Crippen MR) is 112 cm³/mol. The number of thioether (sulfide) groups is 1. The molecule has 7 heteroatoms. The van der Waals surface area contributed by atoms with Crippen molar-refractivity contribution in [3.63, 3.8) is 0 Å². The van der Waals surface area contributed by atoms with E-state index in [4.69, 9.17) is 4.74 Å². The van der Waals surface area contributed by atoms with Gasteiger partial charge in [-0.15, -0.1) is 11.8 Å². The maximum Gasteiger partial charge on any atom is 0.135 e. The molecule has 0 atom stereocenters. The van der Waals surface area contributed by atoms with Crippen LogP contribution < -0.4 is 9.80 Å². The second-order valence-corrected chi connectivity index (χ2v) is 7.65. The van der Waals surface area contributed by atoms with Gasteiger partial charge in [-0.2, -0.15) is 0 Å². The number of ether oxygens (including phenoxy) is 1. The molecule has 1 fully saturated rings. The minimum Gasteiger partial charge on any atom is -0.383 e. The van der Waals surface area contributed by atoms with Gasteiger partial charge in [-0.25, -0.2) is 4.98 Å². The van der Waals surface area contributed by atoms with Gasteiger partial charge < -0.3 is 14.5 Å². The van der Waals surface area contributed by atoms with Crippen molar-refractivity contribution in [2.45, 2.75) is 0 Å². The molecule has 0 unspecified atom stereocenters. The Morgan fingerprint density at radius 1 is 1.07 bits per heavy atom. The highest BCUT2D eigenvalue weighted by Crippen LogP contribution is 2.36. The third-order valence-corrected chi connectivity index (χ3v) is 6.03. The number of aromatic nitrogens is 2. The Morgan fingerprint density at radius 3 is 2.67 bits per heavy atom. The van der Waals surface area contributed by atoms with Crippen LogP contribution in [0.5, 0.6) is 0 Å². The number of hydrogen-bond acceptors (Lipinski definition) is 7. The van der Waals surface area contributed by atoms with Gasteiger partial charge in [0.2, 0.25) is 0 Å². The molecule has 142 valence electrons. The predicted octanol–water partition coefficient (Wildman–Crippen LogP) is 2.75. The summed E-state index contributed by atoms with van der Waals surface area (Å²) in [7, 11) is 1.76. The van der Waals surface area contributed by atoms with Crippen LogP contribution in [0.3, 0.4) is 0 Å². The number of rotatable bonds is 6. The molecule has 4 heterocycles. The van der Waals surface area contributed by atoms with Gasteiger partial charge in [-0.05, 0) is 23.8 Å². The second kappa shape index (κ2) is 8.73. The summed E-state index contributed by atoms with van der Waals surface area (Å²) in [6, 6.07) is 8.42. The summed E-state index contributed by atoms with van der Waals surface area (Å²) in [5.41, 5.74) is 2.46. The highest BCUT2D eigenvalue weighted by molar-refractivity contribution is 8.08. The molecule has 2 aromatic rings. The zero-order valence-electron chi connectivity index (χ0n) is 15.6. The van der Waals surface area contributed by atoms with Crippen LogP contribution in [0.25, 0.3) is 4.91 Å². The quantitative estimate of drug-likeness (QED) is 0.760. The van der Waals surface area contributed by atoms with Gasteiger partial charge in [-0.3, -0.25) is 9.88 Å². The normalized spacial score (nSPS) is 18.0. The van der Waals surface area contributed by atoms with E-state index in [1.54, 1.807) is 7.11 Å². The van der Waals surface area contributed by atoms with Crippen LogP contribution in [-0.2, 0) is 4.74 Å². The van der Waals surface area contributed by atoms with Crippen LogP contribution in [0.2, 0.25) is 0 Å². The fraction of sp³-hybridized carbons (Fsp3) is 0.400. The lowest BCUT2D eigenvalue weighted by molar-refractivity contribution is 0.144. The van der Waals surface area contributed by atoms with E-state index in [-0.39, 0.29) is 0 Å². The average Bonchev–Trinajstić information content (AvgIpc) is 3.24. The molecule has 4 rings (SSSR count). The van der Waals surface area contributed by atoms with Gasteiger partial charge in [0.05, 0.1) is 12.5 Å². The average molecular weight is 384 g/mol. The minimum absolute atomic E-state index is 0.804. The number of methoxy groups -OCH3 is 1. The first-order valence-electron chi connectivity index (χ1n) is 9.27. The summed E-state index contributed by atoms with van der Waals surface area (Å²) < 4.78 is 5.19. The Hall–Kier alpha value is -2.09. The van der Waals surface area contributed by atoms with E-state index in [2.05, 4.69) is 55.1 Å². The molecule has 6 nitrogen and oxygen atoms in total. The highest BCUT2D eigenvalue weighted by atomic mass is 32.2. The van der Waals surface area contributed by atoms with Crippen LogP contribution in [-0.4, -0.2) is 67.2 Å². The van der Waals surface area contributed by atoms with Crippen molar-refractivity contribution in [1.29, 1.82) is 0 Å². The van der Waals surface area contributed by atoms with E-state index in [0.29, 0.717) is 0 Å². The van der Waals surface area contributed by atoms with E-state index in [9.17, 15) is 0 Å². The Labute approximate surface area is 164 Å². The number of anilines is 2. The van der Waals surface area contributed by atoms with Gasteiger partial charge in [0.1, 0.15) is 5.82 Å². The van der Waals surface area contributed by atoms with Crippen molar-refractivity contribution < 1.29 is 4.74 Å². The lowest BCUT2D eigenvalue weighted by Crippen LogP contribution is -2.47. The lowest BCUT2D eigenvalue weighted by Gasteiger charge is -2.36. The second-order valence-electron chi connectivity index (χ2n) is 6.67. The molecular weight excluding hydrogens is 358 g/mol. The molecule has 2 aliphatic heterocycles. The first-order chi connectivity index (χ1) is 13.3. The summed E-state index contributed by atoms with van der Waals surface area (Å²) in [4.78, 5) is 17.1. The zero-order chi connectivity index (χ0) is 18.5. The molecule has 0 radical (unpaired) electrons. The molecule has 0 aliphatic carbocycles. The van der Waals surface area contributed by atoms with Gasteiger partial charge in [0, 0.05) is 81.3 Å². The number of hydrogen-bond donors (Lipinski definition) is 0. The Kier molecular flexibility index (Phi) is 5.91. The van der Waals surface area contributed by atoms with E-state index in [1.807, 2.05) is 30.4 Å². The minimum atomic E-state index is 0.804. The number of pyridine rings is 2. The van der Waals surface area contributed by atoms with Crippen molar-refractivity contribution in [1.82, 2.24) is 14.9 Å². The van der Waals surface area contributed by atoms with Crippen LogP contribution >= 0.6 is 11.8 Å². The van der Waals surface area contributed by atoms with Gasteiger partial charge in [-0.1, -0.05) is 0 Å². The van der Waals surface area contributed by atoms with E-state index < -0.39 is 0 Å². The molecule has 0 aromatic carbocycles. The summed E-state index contributed by atoms with van der Waals surface area (Å²) in [5.74, 6) is 1.89. The third kappa shape index (κ3) is 4.43. The van der Waals surface area contributed by atoms with Crippen LogP contribution in [0.1, 0.15) is 5.56 Å². The van der Waals surface area contributed by atoms with Crippen molar-refractivity contribution in [2.75, 3.05) is 62.1 Å². The van der Waals surface area contributed by atoms with E-state index >= 15 is 0 Å².